The van der Waals surface area contributed by atoms with Crippen LogP contribution in [0.3, 0.4) is 0 Å². The van der Waals surface area contributed by atoms with Gasteiger partial charge in [-0.25, -0.2) is 0 Å². The van der Waals surface area contributed by atoms with E-state index in [0.29, 0.717) is 32.2 Å². The molecule has 0 atom stereocenters. The summed E-state index contributed by atoms with van der Waals surface area (Å²) >= 11 is 0. The third-order valence-electron chi connectivity index (χ3n) is 2.87. The highest BCUT2D eigenvalue weighted by Gasteiger charge is 2.29. The normalized spacial score (nSPS) is 14.3. The van der Waals surface area contributed by atoms with Gasteiger partial charge in [0.1, 0.15) is 5.78 Å². The van der Waals surface area contributed by atoms with Gasteiger partial charge in [0.15, 0.2) is 0 Å². The molecule has 0 amide bonds. The smallest absolute Gasteiger partial charge is 0.306 e. The summed E-state index contributed by atoms with van der Waals surface area (Å²) in [5.74, 6) is -0.270. The van der Waals surface area contributed by atoms with Crippen LogP contribution in [0.4, 0.5) is 0 Å². The number of hydrogen-bond acceptors (Lipinski definition) is 5. The Balaban J connectivity index is 2.24. The van der Waals surface area contributed by atoms with Crippen LogP contribution in [0.15, 0.2) is 0 Å². The van der Waals surface area contributed by atoms with Crippen molar-refractivity contribution >= 4 is 11.8 Å². The molecule has 0 radical (unpaired) electrons. The predicted octanol–water partition coefficient (Wildman–Crippen LogP) is 1.28. The van der Waals surface area contributed by atoms with Crippen LogP contribution < -0.4 is 0 Å². The van der Waals surface area contributed by atoms with E-state index in [1.54, 1.807) is 6.92 Å². The van der Waals surface area contributed by atoms with E-state index in [9.17, 15) is 9.59 Å². The molecule has 0 bridgehead atoms. The number of Topliss-reactive ketones (excluding diaryl/α,β-unsaturated/α-hetero) is 1. The number of nitrogens with zero attached hydrogens (tertiary/aromatic N) is 2. The van der Waals surface area contributed by atoms with Crippen molar-refractivity contribution in [1.29, 1.82) is 5.26 Å². The maximum absolute atomic E-state index is 11.7. The van der Waals surface area contributed by atoms with E-state index < -0.39 is 0 Å². The van der Waals surface area contributed by atoms with Gasteiger partial charge >= 0.3 is 5.97 Å². The Labute approximate surface area is 108 Å². The van der Waals surface area contributed by atoms with Crippen LogP contribution in [-0.4, -0.2) is 42.4 Å². The summed E-state index contributed by atoms with van der Waals surface area (Å²) in [5.41, 5.74) is 0. The van der Waals surface area contributed by atoms with E-state index in [-0.39, 0.29) is 24.6 Å². The molecular formula is C13H20N2O3. The molecular weight excluding hydrogens is 232 g/mol. The molecule has 0 saturated heterocycles. The standard InChI is InChI=1S/C13H20N2O3/c1-2-18-13(17)7-6-12(16)10-15(9-3-8-14)11-4-5-11/h11H,2-7,9-10H2,1H3. The lowest BCUT2D eigenvalue weighted by atomic mass is 10.2. The summed E-state index contributed by atoms with van der Waals surface area (Å²) in [5, 5.41) is 8.56. The lowest BCUT2D eigenvalue weighted by molar-refractivity contribution is -0.144. The van der Waals surface area contributed by atoms with Gasteiger partial charge in [-0.1, -0.05) is 0 Å². The number of carbonyl (C=O) groups excluding carboxylic acids is 2. The average Bonchev–Trinajstić information content (AvgIpc) is 3.16. The Morgan fingerprint density at radius 2 is 2.11 bits per heavy atom. The molecule has 0 N–H and O–H groups in total. The molecule has 1 rings (SSSR count). The molecule has 0 heterocycles. The third kappa shape index (κ3) is 5.78. The molecule has 5 nitrogen and oxygen atoms in total. The molecule has 100 valence electrons. The van der Waals surface area contributed by atoms with E-state index in [1.807, 2.05) is 0 Å². The number of ketones is 1. The second-order valence-electron chi connectivity index (χ2n) is 4.45. The van der Waals surface area contributed by atoms with Gasteiger partial charge in [-0.05, 0) is 19.8 Å². The van der Waals surface area contributed by atoms with Crippen LogP contribution in [-0.2, 0) is 14.3 Å². The summed E-state index contributed by atoms with van der Waals surface area (Å²) < 4.78 is 4.77. The van der Waals surface area contributed by atoms with Gasteiger partial charge in [0.2, 0.25) is 0 Å². The minimum atomic E-state index is -0.319. The van der Waals surface area contributed by atoms with Crippen molar-refractivity contribution in [2.75, 3.05) is 19.7 Å². The average molecular weight is 252 g/mol. The van der Waals surface area contributed by atoms with Crippen molar-refractivity contribution in [3.05, 3.63) is 0 Å². The van der Waals surface area contributed by atoms with Crippen molar-refractivity contribution in [2.24, 2.45) is 0 Å². The minimum Gasteiger partial charge on any atom is -0.466 e. The molecule has 0 unspecified atom stereocenters. The van der Waals surface area contributed by atoms with Crippen LogP contribution in [0.5, 0.6) is 0 Å². The van der Waals surface area contributed by atoms with E-state index in [2.05, 4.69) is 11.0 Å². The first-order chi connectivity index (χ1) is 8.67. The summed E-state index contributed by atoms with van der Waals surface area (Å²) in [7, 11) is 0. The number of hydrogen-bond donors (Lipinski definition) is 0. The molecule has 1 fully saturated rings. The zero-order valence-corrected chi connectivity index (χ0v) is 10.9. The van der Waals surface area contributed by atoms with E-state index in [0.717, 1.165) is 12.8 Å². The highest BCUT2D eigenvalue weighted by Crippen LogP contribution is 2.26. The lowest BCUT2D eigenvalue weighted by Crippen LogP contribution is -2.32. The SMILES string of the molecule is CCOC(=O)CCC(=O)CN(CCC#N)C1CC1. The second-order valence-corrected chi connectivity index (χ2v) is 4.45. The Morgan fingerprint density at radius 1 is 1.39 bits per heavy atom. The first kappa shape index (κ1) is 14.7. The quantitative estimate of drug-likeness (QED) is 0.578. The molecule has 1 saturated carbocycles. The van der Waals surface area contributed by atoms with Crippen molar-refractivity contribution in [3.63, 3.8) is 0 Å². The van der Waals surface area contributed by atoms with E-state index in [1.165, 1.54) is 0 Å². The van der Waals surface area contributed by atoms with Gasteiger partial charge < -0.3 is 4.74 Å². The minimum absolute atomic E-state index is 0.0490. The van der Waals surface area contributed by atoms with Gasteiger partial charge in [0, 0.05) is 25.4 Å². The summed E-state index contributed by atoms with van der Waals surface area (Å²) in [6.07, 6.45) is 3.05. The Kier molecular flexibility index (Phi) is 6.37. The van der Waals surface area contributed by atoms with Crippen molar-refractivity contribution in [1.82, 2.24) is 4.90 Å². The van der Waals surface area contributed by atoms with Crippen LogP contribution >= 0.6 is 0 Å². The molecule has 0 spiro atoms. The summed E-state index contributed by atoms with van der Waals surface area (Å²) in [6.45, 7) is 3.10. The van der Waals surface area contributed by atoms with Crippen molar-refractivity contribution in [3.8, 4) is 6.07 Å². The van der Waals surface area contributed by atoms with Crippen LogP contribution in [0, 0.1) is 11.3 Å². The molecule has 0 aliphatic heterocycles. The van der Waals surface area contributed by atoms with Crippen molar-refractivity contribution < 1.29 is 14.3 Å². The molecule has 0 aromatic carbocycles. The number of ether oxygens (including phenoxy) is 1. The Morgan fingerprint density at radius 3 is 2.67 bits per heavy atom. The highest BCUT2D eigenvalue weighted by atomic mass is 16.5. The third-order valence-corrected chi connectivity index (χ3v) is 2.87. The lowest BCUT2D eigenvalue weighted by Gasteiger charge is -2.19. The second kappa shape index (κ2) is 7.83. The molecule has 5 heteroatoms. The maximum Gasteiger partial charge on any atom is 0.306 e. The predicted molar refractivity (Wildman–Crippen MR) is 65.7 cm³/mol. The van der Waals surface area contributed by atoms with Gasteiger partial charge in [-0.15, -0.1) is 0 Å². The molecule has 1 aliphatic carbocycles. The van der Waals surface area contributed by atoms with Gasteiger partial charge in [-0.3, -0.25) is 14.5 Å². The zero-order chi connectivity index (χ0) is 13.4. The monoisotopic (exact) mass is 252 g/mol. The number of esters is 1. The van der Waals surface area contributed by atoms with Gasteiger partial charge in [0.05, 0.1) is 25.6 Å². The number of rotatable bonds is 9. The van der Waals surface area contributed by atoms with E-state index >= 15 is 0 Å². The largest absolute Gasteiger partial charge is 0.466 e. The van der Waals surface area contributed by atoms with Crippen molar-refractivity contribution in [2.45, 2.75) is 45.1 Å². The molecule has 0 aromatic heterocycles. The maximum atomic E-state index is 11.7. The van der Waals surface area contributed by atoms with Crippen LogP contribution in [0.2, 0.25) is 0 Å². The first-order valence-electron chi connectivity index (χ1n) is 6.45. The number of nitriles is 1. The summed E-state index contributed by atoms with van der Waals surface area (Å²) in [6, 6.07) is 2.56. The van der Waals surface area contributed by atoms with Gasteiger partial charge in [-0.2, -0.15) is 5.26 Å². The highest BCUT2D eigenvalue weighted by molar-refractivity contribution is 5.84. The molecule has 0 aromatic rings. The van der Waals surface area contributed by atoms with Gasteiger partial charge in [0.25, 0.3) is 0 Å². The fourth-order valence-corrected chi connectivity index (χ4v) is 1.80. The molecule has 1 aliphatic rings. The fourth-order valence-electron chi connectivity index (χ4n) is 1.80. The summed E-state index contributed by atoms with van der Waals surface area (Å²) in [4.78, 5) is 24.9. The van der Waals surface area contributed by atoms with Crippen LogP contribution in [0.25, 0.3) is 0 Å². The Hall–Kier alpha value is -1.41. The topological polar surface area (TPSA) is 70.4 Å². The molecule has 18 heavy (non-hydrogen) atoms. The first-order valence-corrected chi connectivity index (χ1v) is 6.45. The van der Waals surface area contributed by atoms with E-state index in [4.69, 9.17) is 10.00 Å². The fraction of sp³-hybridized carbons (Fsp3) is 0.769. The Bertz CT molecular complexity index is 332. The van der Waals surface area contributed by atoms with Crippen LogP contribution in [0.1, 0.15) is 39.0 Å². The zero-order valence-electron chi connectivity index (χ0n) is 10.9. The number of carbonyl (C=O) groups is 2.